The molecular formula is C22H21N5O2. The molecule has 0 saturated carbocycles. The fraction of sp³-hybridized carbons (Fsp3) is 0.273. The fourth-order valence-electron chi connectivity index (χ4n) is 3.98. The summed E-state index contributed by atoms with van der Waals surface area (Å²) in [6.45, 7) is 1.14. The molecule has 0 radical (unpaired) electrons. The van der Waals surface area contributed by atoms with Gasteiger partial charge in [0.25, 0.3) is 5.91 Å². The highest BCUT2D eigenvalue weighted by atomic mass is 16.5. The van der Waals surface area contributed by atoms with Crippen LogP contribution in [0.25, 0.3) is 21.9 Å². The van der Waals surface area contributed by atoms with Crippen molar-refractivity contribution in [1.82, 2.24) is 25.1 Å². The SMILES string of the molecule is Cn1ncc2ncc(C(=O)N[C@@H]3COC[C@H]3Cc3ccnc4ccccc34)cc21. The first-order valence-corrected chi connectivity index (χ1v) is 9.68. The van der Waals surface area contributed by atoms with Gasteiger partial charge in [-0.3, -0.25) is 19.4 Å². The van der Waals surface area contributed by atoms with Gasteiger partial charge in [0.15, 0.2) is 0 Å². The number of nitrogens with one attached hydrogen (secondary N) is 1. The first-order valence-electron chi connectivity index (χ1n) is 9.68. The van der Waals surface area contributed by atoms with Gasteiger partial charge in [0.1, 0.15) is 5.52 Å². The summed E-state index contributed by atoms with van der Waals surface area (Å²) in [5.41, 5.74) is 4.35. The second kappa shape index (κ2) is 7.25. The molecule has 5 rings (SSSR count). The molecule has 0 spiro atoms. The van der Waals surface area contributed by atoms with Crippen LogP contribution in [0.3, 0.4) is 0 Å². The molecule has 1 aromatic carbocycles. The van der Waals surface area contributed by atoms with E-state index in [0.717, 1.165) is 28.4 Å². The molecular weight excluding hydrogens is 366 g/mol. The van der Waals surface area contributed by atoms with E-state index in [1.165, 1.54) is 5.56 Å². The number of hydrogen-bond acceptors (Lipinski definition) is 5. The lowest BCUT2D eigenvalue weighted by Gasteiger charge is -2.20. The van der Waals surface area contributed by atoms with Crippen LogP contribution in [0.2, 0.25) is 0 Å². The molecule has 1 aliphatic rings. The molecule has 0 aliphatic carbocycles. The zero-order valence-corrected chi connectivity index (χ0v) is 16.1. The van der Waals surface area contributed by atoms with Crippen LogP contribution in [0.1, 0.15) is 15.9 Å². The van der Waals surface area contributed by atoms with Gasteiger partial charge >= 0.3 is 0 Å². The summed E-state index contributed by atoms with van der Waals surface area (Å²) in [6.07, 6.45) is 5.96. The minimum atomic E-state index is -0.138. The first-order chi connectivity index (χ1) is 14.2. The van der Waals surface area contributed by atoms with Crippen molar-refractivity contribution in [3.05, 3.63) is 66.1 Å². The van der Waals surface area contributed by atoms with Crippen LogP contribution in [0.4, 0.5) is 0 Å². The quantitative estimate of drug-likeness (QED) is 0.582. The third-order valence-electron chi connectivity index (χ3n) is 5.60. The number of fused-ring (bicyclic) bond motifs is 2. The van der Waals surface area contributed by atoms with E-state index in [2.05, 4.69) is 32.5 Å². The van der Waals surface area contributed by atoms with Gasteiger partial charge < -0.3 is 10.1 Å². The number of para-hydroxylation sites is 1. The highest BCUT2D eigenvalue weighted by molar-refractivity contribution is 5.96. The number of aromatic nitrogens is 4. The zero-order valence-electron chi connectivity index (χ0n) is 16.1. The van der Waals surface area contributed by atoms with Crippen LogP contribution < -0.4 is 5.32 Å². The highest BCUT2D eigenvalue weighted by Crippen LogP contribution is 2.24. The Morgan fingerprint density at radius 1 is 1.17 bits per heavy atom. The first kappa shape index (κ1) is 17.8. The number of carbonyl (C=O) groups is 1. The Morgan fingerprint density at radius 2 is 2.07 bits per heavy atom. The number of benzene rings is 1. The van der Waals surface area contributed by atoms with Gasteiger partial charge in [0.2, 0.25) is 0 Å². The van der Waals surface area contributed by atoms with E-state index in [4.69, 9.17) is 4.74 Å². The Bertz CT molecular complexity index is 1200. The van der Waals surface area contributed by atoms with Gasteiger partial charge in [-0.25, -0.2) is 0 Å². The number of hydrogen-bond donors (Lipinski definition) is 1. The van der Waals surface area contributed by atoms with Crippen LogP contribution in [-0.2, 0) is 18.2 Å². The predicted octanol–water partition coefficient (Wildman–Crippen LogP) is 2.50. The smallest absolute Gasteiger partial charge is 0.253 e. The average molecular weight is 387 g/mol. The van der Waals surface area contributed by atoms with Crippen LogP contribution in [-0.4, -0.2) is 44.9 Å². The lowest BCUT2D eigenvalue weighted by Crippen LogP contribution is -2.40. The Morgan fingerprint density at radius 3 is 3.00 bits per heavy atom. The topological polar surface area (TPSA) is 81.9 Å². The Labute approximate surface area is 167 Å². The monoisotopic (exact) mass is 387 g/mol. The lowest BCUT2D eigenvalue weighted by molar-refractivity contribution is 0.0925. The summed E-state index contributed by atoms with van der Waals surface area (Å²) < 4.78 is 7.43. The van der Waals surface area contributed by atoms with Crippen molar-refractivity contribution < 1.29 is 9.53 Å². The van der Waals surface area contributed by atoms with Crippen LogP contribution in [0.15, 0.2) is 55.0 Å². The van der Waals surface area contributed by atoms with Gasteiger partial charge in [-0.1, -0.05) is 18.2 Å². The molecule has 146 valence electrons. The molecule has 2 atom stereocenters. The predicted molar refractivity (Wildman–Crippen MR) is 110 cm³/mol. The van der Waals surface area contributed by atoms with Gasteiger partial charge in [0, 0.05) is 30.7 Å². The number of nitrogens with zero attached hydrogens (tertiary/aromatic N) is 4. The van der Waals surface area contributed by atoms with Crippen molar-refractivity contribution in [2.24, 2.45) is 13.0 Å². The van der Waals surface area contributed by atoms with E-state index >= 15 is 0 Å². The summed E-state index contributed by atoms with van der Waals surface area (Å²) in [4.78, 5) is 21.6. The average Bonchev–Trinajstić information content (AvgIpc) is 3.34. The number of amides is 1. The Balaban J connectivity index is 1.35. The Kier molecular flexibility index (Phi) is 4.44. The number of carbonyl (C=O) groups excluding carboxylic acids is 1. The van der Waals surface area contributed by atoms with Crippen LogP contribution in [0.5, 0.6) is 0 Å². The van der Waals surface area contributed by atoms with E-state index in [0.29, 0.717) is 18.8 Å². The van der Waals surface area contributed by atoms with E-state index in [1.54, 1.807) is 17.1 Å². The molecule has 1 amide bonds. The molecule has 29 heavy (non-hydrogen) atoms. The fourth-order valence-corrected chi connectivity index (χ4v) is 3.98. The van der Waals surface area contributed by atoms with Gasteiger partial charge in [-0.05, 0) is 30.2 Å². The van der Waals surface area contributed by atoms with E-state index in [9.17, 15) is 4.79 Å². The molecule has 4 heterocycles. The van der Waals surface area contributed by atoms with E-state index in [-0.39, 0.29) is 17.9 Å². The second-order valence-electron chi connectivity index (χ2n) is 7.47. The van der Waals surface area contributed by atoms with Gasteiger partial charge in [-0.2, -0.15) is 5.10 Å². The molecule has 7 nitrogen and oxygen atoms in total. The third kappa shape index (κ3) is 3.34. The maximum Gasteiger partial charge on any atom is 0.253 e. The summed E-state index contributed by atoms with van der Waals surface area (Å²) in [5.74, 6) is 0.0684. The number of rotatable bonds is 4. The molecule has 1 fully saturated rings. The van der Waals surface area contributed by atoms with Crippen LogP contribution in [0, 0.1) is 5.92 Å². The van der Waals surface area contributed by atoms with Gasteiger partial charge in [0.05, 0.1) is 42.0 Å². The second-order valence-corrected chi connectivity index (χ2v) is 7.47. The normalized spacial score (nSPS) is 19.1. The molecule has 4 aromatic rings. The maximum absolute atomic E-state index is 12.8. The molecule has 1 aliphatic heterocycles. The maximum atomic E-state index is 12.8. The van der Waals surface area contributed by atoms with Crippen LogP contribution >= 0.6 is 0 Å². The number of aryl methyl sites for hydroxylation is 1. The largest absolute Gasteiger partial charge is 0.379 e. The summed E-state index contributed by atoms with van der Waals surface area (Å²) in [7, 11) is 1.84. The highest BCUT2D eigenvalue weighted by Gasteiger charge is 2.30. The standard InChI is InChI=1S/C22H21N5O2/c1-27-21-9-15(10-24-19(21)11-25-27)22(28)26-20-13-29-12-16(20)8-14-6-7-23-18-5-3-2-4-17(14)18/h2-7,9-11,16,20H,8,12-13H2,1H3,(H,26,28)/t16-,20-/m1/s1. The summed E-state index contributed by atoms with van der Waals surface area (Å²) in [5, 5.41) is 8.47. The van der Waals surface area contributed by atoms with Crippen molar-refractivity contribution in [2.45, 2.75) is 12.5 Å². The van der Waals surface area contributed by atoms with Crippen molar-refractivity contribution >= 4 is 27.8 Å². The summed E-state index contributed by atoms with van der Waals surface area (Å²) in [6, 6.07) is 12.0. The number of pyridine rings is 2. The van der Waals surface area contributed by atoms with E-state index in [1.807, 2.05) is 37.5 Å². The molecule has 3 aromatic heterocycles. The van der Waals surface area contributed by atoms with Crippen molar-refractivity contribution in [3.8, 4) is 0 Å². The molecule has 7 heteroatoms. The molecule has 0 unspecified atom stereocenters. The minimum Gasteiger partial charge on any atom is -0.379 e. The lowest BCUT2D eigenvalue weighted by atomic mass is 9.93. The zero-order chi connectivity index (χ0) is 19.8. The summed E-state index contributed by atoms with van der Waals surface area (Å²) >= 11 is 0. The van der Waals surface area contributed by atoms with E-state index < -0.39 is 0 Å². The Hall–Kier alpha value is -3.32. The van der Waals surface area contributed by atoms with Crippen molar-refractivity contribution in [3.63, 3.8) is 0 Å². The third-order valence-corrected chi connectivity index (χ3v) is 5.60. The molecule has 1 saturated heterocycles. The van der Waals surface area contributed by atoms with Gasteiger partial charge in [-0.15, -0.1) is 0 Å². The van der Waals surface area contributed by atoms with Crippen molar-refractivity contribution in [2.75, 3.05) is 13.2 Å². The molecule has 0 bridgehead atoms. The van der Waals surface area contributed by atoms with Crippen molar-refractivity contribution in [1.29, 1.82) is 0 Å². The molecule has 1 N–H and O–H groups in total. The number of ether oxygens (including phenoxy) is 1. The minimum absolute atomic E-state index is 0.0448.